The summed E-state index contributed by atoms with van der Waals surface area (Å²) in [5.41, 5.74) is 6.24. The SMILES string of the molecule is CCN1\C(=C/C=C/C=C/c2ccc3ccccc3[n+]2CC)C=Cc2ccccc21. The molecule has 4 rings (SSSR count). The Morgan fingerprint density at radius 1 is 0.828 bits per heavy atom. The third-order valence-corrected chi connectivity index (χ3v) is 5.33. The van der Waals surface area contributed by atoms with Gasteiger partial charge >= 0.3 is 0 Å². The molecule has 1 aliphatic heterocycles. The molecule has 0 radical (unpaired) electrons. The number of rotatable bonds is 5. The summed E-state index contributed by atoms with van der Waals surface area (Å²) in [5.74, 6) is 0. The van der Waals surface area contributed by atoms with Gasteiger partial charge in [0.05, 0.1) is 0 Å². The van der Waals surface area contributed by atoms with Gasteiger partial charge in [0.2, 0.25) is 11.2 Å². The van der Waals surface area contributed by atoms with Crippen LogP contribution in [0, 0.1) is 0 Å². The molecule has 2 aromatic carbocycles. The fourth-order valence-corrected chi connectivity index (χ4v) is 3.93. The number of aromatic nitrogens is 1. The number of allylic oxidation sites excluding steroid dienone is 5. The first-order chi connectivity index (χ1) is 14.3. The van der Waals surface area contributed by atoms with Crippen LogP contribution in [0.15, 0.2) is 96.7 Å². The lowest BCUT2D eigenvalue weighted by Gasteiger charge is -2.29. The van der Waals surface area contributed by atoms with Gasteiger partial charge in [-0.1, -0.05) is 54.6 Å². The molecule has 2 heteroatoms. The zero-order chi connectivity index (χ0) is 20.1. The highest BCUT2D eigenvalue weighted by Crippen LogP contribution is 2.30. The third kappa shape index (κ3) is 3.93. The summed E-state index contributed by atoms with van der Waals surface area (Å²) in [4.78, 5) is 2.35. The molecule has 0 saturated heterocycles. The molecule has 0 unspecified atom stereocenters. The van der Waals surface area contributed by atoms with Crippen LogP contribution < -0.4 is 9.47 Å². The maximum atomic E-state index is 2.35. The first kappa shape index (κ1) is 18.9. The molecule has 0 bridgehead atoms. The summed E-state index contributed by atoms with van der Waals surface area (Å²) < 4.78 is 2.35. The Morgan fingerprint density at radius 3 is 2.52 bits per heavy atom. The molecule has 29 heavy (non-hydrogen) atoms. The van der Waals surface area contributed by atoms with E-state index in [-0.39, 0.29) is 0 Å². The average Bonchev–Trinajstić information content (AvgIpc) is 2.78. The monoisotopic (exact) mass is 379 g/mol. The molecule has 1 aliphatic rings. The van der Waals surface area contributed by atoms with Crippen LogP contribution in [-0.2, 0) is 6.54 Å². The summed E-state index contributed by atoms with van der Waals surface area (Å²) in [6.45, 7) is 6.28. The summed E-state index contributed by atoms with van der Waals surface area (Å²) in [7, 11) is 0. The van der Waals surface area contributed by atoms with Crippen LogP contribution in [0.4, 0.5) is 5.69 Å². The van der Waals surface area contributed by atoms with Crippen molar-refractivity contribution in [2.45, 2.75) is 20.4 Å². The zero-order valence-electron chi connectivity index (χ0n) is 17.1. The number of nitrogens with zero attached hydrogens (tertiary/aromatic N) is 2. The fourth-order valence-electron chi connectivity index (χ4n) is 3.93. The van der Waals surface area contributed by atoms with Gasteiger partial charge in [0, 0.05) is 41.5 Å². The Balaban J connectivity index is 1.54. The van der Waals surface area contributed by atoms with Crippen molar-refractivity contribution >= 4 is 28.7 Å². The highest BCUT2D eigenvalue weighted by atomic mass is 15.1. The van der Waals surface area contributed by atoms with E-state index in [9.17, 15) is 0 Å². The van der Waals surface area contributed by atoms with Crippen molar-refractivity contribution < 1.29 is 4.57 Å². The molecule has 0 atom stereocenters. The predicted octanol–water partition coefficient (Wildman–Crippen LogP) is 6.15. The zero-order valence-corrected chi connectivity index (χ0v) is 17.1. The number of aryl methyl sites for hydroxylation is 1. The van der Waals surface area contributed by atoms with Gasteiger partial charge < -0.3 is 4.90 Å². The van der Waals surface area contributed by atoms with E-state index in [4.69, 9.17) is 0 Å². The second-order valence-electron chi connectivity index (χ2n) is 7.03. The minimum Gasteiger partial charge on any atom is -0.341 e. The molecule has 0 spiro atoms. The van der Waals surface area contributed by atoms with Gasteiger partial charge in [-0.05, 0) is 49.8 Å². The molecule has 0 saturated carbocycles. The molecule has 3 aromatic rings. The number of fused-ring (bicyclic) bond motifs is 2. The first-order valence-electron chi connectivity index (χ1n) is 10.3. The lowest BCUT2D eigenvalue weighted by atomic mass is 10.1. The molecule has 0 N–H and O–H groups in total. The normalized spacial score (nSPS) is 15.1. The lowest BCUT2D eigenvalue weighted by molar-refractivity contribution is -0.669. The van der Waals surface area contributed by atoms with E-state index in [1.165, 1.54) is 33.5 Å². The number of hydrogen-bond acceptors (Lipinski definition) is 1. The molecule has 0 amide bonds. The lowest BCUT2D eigenvalue weighted by Crippen LogP contribution is -2.36. The van der Waals surface area contributed by atoms with Crippen molar-refractivity contribution in [3.05, 3.63) is 108 Å². The molecular formula is C27H27N2+. The first-order valence-corrected chi connectivity index (χ1v) is 10.3. The smallest absolute Gasteiger partial charge is 0.212 e. The standard InChI is InChI=1S/C27H27N2/c1-3-28-24(20-18-22-12-8-10-16-26(22)28)14-6-5-7-15-25-21-19-23-13-9-11-17-27(23)29(25)4-2/h5-21H,3-4H2,1-2H3/q+1. The number of likely N-dealkylation sites (N-methyl/N-ethyl adjacent to an activating group) is 1. The predicted molar refractivity (Wildman–Crippen MR) is 125 cm³/mol. The second-order valence-corrected chi connectivity index (χ2v) is 7.03. The van der Waals surface area contributed by atoms with Gasteiger partial charge in [-0.15, -0.1) is 0 Å². The number of pyridine rings is 1. The van der Waals surface area contributed by atoms with E-state index in [2.05, 4.69) is 127 Å². The molecule has 144 valence electrons. The van der Waals surface area contributed by atoms with Gasteiger partial charge in [0.25, 0.3) is 0 Å². The van der Waals surface area contributed by atoms with Gasteiger partial charge in [0.1, 0.15) is 6.54 Å². The molecule has 2 nitrogen and oxygen atoms in total. The van der Waals surface area contributed by atoms with Gasteiger partial charge in [-0.25, -0.2) is 0 Å². The number of anilines is 1. The Labute approximate surface area is 173 Å². The van der Waals surface area contributed by atoms with E-state index in [1.807, 2.05) is 0 Å². The van der Waals surface area contributed by atoms with Crippen LogP contribution in [0.5, 0.6) is 0 Å². The Bertz CT molecular complexity index is 1130. The minimum absolute atomic E-state index is 0.949. The largest absolute Gasteiger partial charge is 0.341 e. The van der Waals surface area contributed by atoms with E-state index < -0.39 is 0 Å². The topological polar surface area (TPSA) is 7.12 Å². The fraction of sp³-hybridized carbons (Fsp3) is 0.148. The summed E-state index contributed by atoms with van der Waals surface area (Å²) >= 11 is 0. The van der Waals surface area contributed by atoms with Crippen LogP contribution in [0.3, 0.4) is 0 Å². The van der Waals surface area contributed by atoms with Crippen LogP contribution in [-0.4, -0.2) is 6.54 Å². The van der Waals surface area contributed by atoms with Crippen molar-refractivity contribution in [2.24, 2.45) is 0 Å². The average molecular weight is 380 g/mol. The maximum absolute atomic E-state index is 2.35. The van der Waals surface area contributed by atoms with Gasteiger partial charge in [0.15, 0.2) is 0 Å². The van der Waals surface area contributed by atoms with Crippen molar-refractivity contribution in [3.63, 3.8) is 0 Å². The number of para-hydroxylation sites is 2. The molecular weight excluding hydrogens is 352 g/mol. The minimum atomic E-state index is 0.949. The summed E-state index contributed by atoms with van der Waals surface area (Å²) in [6.07, 6.45) is 15.1. The van der Waals surface area contributed by atoms with Crippen LogP contribution in [0.1, 0.15) is 25.1 Å². The highest BCUT2D eigenvalue weighted by Gasteiger charge is 2.14. The Hall–Kier alpha value is -3.39. The van der Waals surface area contributed by atoms with Crippen molar-refractivity contribution in [1.82, 2.24) is 0 Å². The van der Waals surface area contributed by atoms with Gasteiger partial charge in [-0.3, -0.25) is 0 Å². The van der Waals surface area contributed by atoms with Crippen LogP contribution >= 0.6 is 0 Å². The van der Waals surface area contributed by atoms with E-state index in [1.54, 1.807) is 0 Å². The molecule has 2 heterocycles. The maximum Gasteiger partial charge on any atom is 0.212 e. The quantitative estimate of drug-likeness (QED) is 0.381. The molecule has 0 fully saturated rings. The van der Waals surface area contributed by atoms with E-state index >= 15 is 0 Å². The second kappa shape index (κ2) is 8.74. The number of hydrogen-bond donors (Lipinski definition) is 0. The third-order valence-electron chi connectivity index (χ3n) is 5.33. The van der Waals surface area contributed by atoms with E-state index in [0.717, 1.165) is 13.1 Å². The number of benzene rings is 2. The highest BCUT2D eigenvalue weighted by molar-refractivity contribution is 5.77. The van der Waals surface area contributed by atoms with Crippen LogP contribution in [0.25, 0.3) is 23.1 Å². The Morgan fingerprint density at radius 2 is 1.66 bits per heavy atom. The summed E-state index contributed by atoms with van der Waals surface area (Å²) in [5, 5.41) is 1.27. The van der Waals surface area contributed by atoms with Crippen LogP contribution in [0.2, 0.25) is 0 Å². The molecule has 0 aliphatic carbocycles. The van der Waals surface area contributed by atoms with Gasteiger partial charge in [-0.2, -0.15) is 4.57 Å². The van der Waals surface area contributed by atoms with Crippen molar-refractivity contribution in [1.29, 1.82) is 0 Å². The molecule has 1 aromatic heterocycles. The van der Waals surface area contributed by atoms with E-state index in [0.29, 0.717) is 0 Å². The summed E-state index contributed by atoms with van der Waals surface area (Å²) in [6, 6.07) is 21.5. The van der Waals surface area contributed by atoms with Crippen molar-refractivity contribution in [3.8, 4) is 0 Å². The Kier molecular flexibility index (Phi) is 5.71. The van der Waals surface area contributed by atoms with Crippen molar-refractivity contribution in [2.75, 3.05) is 11.4 Å².